The SMILES string of the molecule is CCc1cc(Oc2c(C)cc(CC(N)C(=O)O)cc2CC)ccc1O. The Labute approximate surface area is 148 Å². The molecule has 4 N–H and O–H groups in total. The van der Waals surface area contributed by atoms with E-state index in [-0.39, 0.29) is 12.2 Å². The fraction of sp³-hybridized carbons (Fsp3) is 0.350. The van der Waals surface area contributed by atoms with Crippen LogP contribution >= 0.6 is 0 Å². The molecule has 2 rings (SSSR count). The summed E-state index contributed by atoms with van der Waals surface area (Å²) in [5.41, 5.74) is 9.29. The molecule has 5 nitrogen and oxygen atoms in total. The quantitative estimate of drug-likeness (QED) is 0.714. The van der Waals surface area contributed by atoms with Gasteiger partial charge in [-0.05, 0) is 66.6 Å². The van der Waals surface area contributed by atoms with Gasteiger partial charge in [0.15, 0.2) is 0 Å². The molecule has 0 aliphatic carbocycles. The van der Waals surface area contributed by atoms with Gasteiger partial charge in [0.05, 0.1) is 0 Å². The molecule has 0 heterocycles. The van der Waals surface area contributed by atoms with E-state index in [0.717, 1.165) is 34.4 Å². The minimum absolute atomic E-state index is 0.264. The minimum atomic E-state index is -1.01. The van der Waals surface area contributed by atoms with Crippen LogP contribution in [0.3, 0.4) is 0 Å². The zero-order valence-corrected chi connectivity index (χ0v) is 14.9. The number of hydrogen-bond donors (Lipinski definition) is 3. The average molecular weight is 343 g/mol. The molecule has 2 aromatic rings. The Kier molecular flexibility index (Phi) is 6.04. The largest absolute Gasteiger partial charge is 0.508 e. The molecular weight excluding hydrogens is 318 g/mol. The predicted molar refractivity (Wildman–Crippen MR) is 97.4 cm³/mol. The number of carbonyl (C=O) groups is 1. The smallest absolute Gasteiger partial charge is 0.320 e. The number of ether oxygens (including phenoxy) is 1. The number of carboxylic acids is 1. The maximum absolute atomic E-state index is 11.0. The van der Waals surface area contributed by atoms with Crippen LogP contribution in [0.25, 0.3) is 0 Å². The van der Waals surface area contributed by atoms with Gasteiger partial charge in [-0.2, -0.15) is 0 Å². The van der Waals surface area contributed by atoms with E-state index < -0.39 is 12.0 Å². The van der Waals surface area contributed by atoms with E-state index in [0.29, 0.717) is 12.2 Å². The highest BCUT2D eigenvalue weighted by atomic mass is 16.5. The van der Waals surface area contributed by atoms with Crippen LogP contribution in [0.2, 0.25) is 0 Å². The van der Waals surface area contributed by atoms with E-state index in [1.807, 2.05) is 39.0 Å². The van der Waals surface area contributed by atoms with Crippen LogP contribution in [-0.2, 0) is 24.1 Å². The Morgan fingerprint density at radius 1 is 1.16 bits per heavy atom. The third kappa shape index (κ3) is 4.51. The molecule has 134 valence electrons. The summed E-state index contributed by atoms with van der Waals surface area (Å²) < 4.78 is 6.08. The van der Waals surface area contributed by atoms with Crippen LogP contribution in [0.15, 0.2) is 30.3 Å². The fourth-order valence-electron chi connectivity index (χ4n) is 2.82. The molecule has 0 aromatic heterocycles. The first-order valence-electron chi connectivity index (χ1n) is 8.46. The maximum atomic E-state index is 11.0. The number of benzene rings is 2. The molecule has 0 fully saturated rings. The molecule has 0 amide bonds. The van der Waals surface area contributed by atoms with Gasteiger partial charge in [0, 0.05) is 0 Å². The van der Waals surface area contributed by atoms with E-state index in [4.69, 9.17) is 15.6 Å². The number of nitrogens with two attached hydrogens (primary N) is 1. The van der Waals surface area contributed by atoms with Crippen molar-refractivity contribution in [2.45, 2.75) is 46.1 Å². The normalized spacial score (nSPS) is 12.0. The number of phenolic OH excluding ortho intramolecular Hbond substituents is 1. The summed E-state index contributed by atoms with van der Waals surface area (Å²) in [5, 5.41) is 18.8. The molecule has 0 aliphatic heterocycles. The summed E-state index contributed by atoms with van der Waals surface area (Å²) in [6.45, 7) is 5.93. The summed E-state index contributed by atoms with van der Waals surface area (Å²) in [5.74, 6) is 0.692. The van der Waals surface area contributed by atoms with Crippen molar-refractivity contribution in [1.29, 1.82) is 0 Å². The number of hydrogen-bond acceptors (Lipinski definition) is 4. The highest BCUT2D eigenvalue weighted by Crippen LogP contribution is 2.33. The first kappa shape index (κ1) is 18.8. The fourth-order valence-corrected chi connectivity index (χ4v) is 2.82. The number of aryl methyl sites for hydroxylation is 3. The molecule has 0 bridgehead atoms. The second-order valence-corrected chi connectivity index (χ2v) is 6.15. The highest BCUT2D eigenvalue weighted by Gasteiger charge is 2.16. The molecule has 0 saturated carbocycles. The number of aromatic hydroxyl groups is 1. The summed E-state index contributed by atoms with van der Waals surface area (Å²) >= 11 is 0. The molecule has 0 radical (unpaired) electrons. The van der Waals surface area contributed by atoms with Gasteiger partial charge in [-0.3, -0.25) is 4.79 Å². The second kappa shape index (κ2) is 8.03. The lowest BCUT2D eigenvalue weighted by atomic mass is 9.98. The summed E-state index contributed by atoms with van der Waals surface area (Å²) in [7, 11) is 0. The van der Waals surface area contributed by atoms with Crippen molar-refractivity contribution in [3.8, 4) is 17.2 Å². The van der Waals surface area contributed by atoms with Crippen molar-refractivity contribution in [2.75, 3.05) is 0 Å². The molecular formula is C20H25NO4. The van der Waals surface area contributed by atoms with Crippen molar-refractivity contribution < 1.29 is 19.7 Å². The van der Waals surface area contributed by atoms with Crippen LogP contribution in [-0.4, -0.2) is 22.2 Å². The van der Waals surface area contributed by atoms with Gasteiger partial charge in [-0.25, -0.2) is 0 Å². The van der Waals surface area contributed by atoms with Gasteiger partial charge in [-0.1, -0.05) is 26.0 Å². The lowest BCUT2D eigenvalue weighted by Gasteiger charge is -2.17. The zero-order chi connectivity index (χ0) is 18.6. The molecule has 25 heavy (non-hydrogen) atoms. The van der Waals surface area contributed by atoms with E-state index in [2.05, 4.69) is 0 Å². The van der Waals surface area contributed by atoms with Crippen molar-refractivity contribution >= 4 is 5.97 Å². The zero-order valence-electron chi connectivity index (χ0n) is 14.9. The standard InChI is InChI=1S/C20H25NO4/c1-4-14-11-16(6-7-18(14)22)25-19-12(3)8-13(9-15(19)5-2)10-17(21)20(23)24/h6-9,11,17,22H,4-5,10,21H2,1-3H3,(H,23,24). The first-order chi connectivity index (χ1) is 11.8. The van der Waals surface area contributed by atoms with Crippen LogP contribution < -0.4 is 10.5 Å². The lowest BCUT2D eigenvalue weighted by molar-refractivity contribution is -0.138. The minimum Gasteiger partial charge on any atom is -0.508 e. The summed E-state index contributed by atoms with van der Waals surface area (Å²) in [6, 6.07) is 8.16. The molecule has 5 heteroatoms. The number of carboxylic acid groups (broad SMARTS) is 1. The first-order valence-corrected chi connectivity index (χ1v) is 8.46. The van der Waals surface area contributed by atoms with Crippen LogP contribution in [0, 0.1) is 6.92 Å². The van der Waals surface area contributed by atoms with E-state index in [1.165, 1.54) is 0 Å². The van der Waals surface area contributed by atoms with E-state index >= 15 is 0 Å². The molecule has 1 unspecified atom stereocenters. The molecule has 0 spiro atoms. The van der Waals surface area contributed by atoms with Crippen LogP contribution in [0.5, 0.6) is 17.2 Å². The molecule has 2 aromatic carbocycles. The van der Waals surface area contributed by atoms with Gasteiger partial charge in [-0.15, -0.1) is 0 Å². The molecule has 0 aliphatic rings. The Bertz CT molecular complexity index is 771. The van der Waals surface area contributed by atoms with Gasteiger partial charge in [0.2, 0.25) is 0 Å². The number of phenols is 1. The molecule has 1 atom stereocenters. The Hall–Kier alpha value is -2.53. The average Bonchev–Trinajstić information content (AvgIpc) is 2.58. The highest BCUT2D eigenvalue weighted by molar-refractivity contribution is 5.73. The van der Waals surface area contributed by atoms with E-state index in [9.17, 15) is 9.90 Å². The Balaban J connectivity index is 2.33. The second-order valence-electron chi connectivity index (χ2n) is 6.15. The predicted octanol–water partition coefficient (Wildman–Crippen LogP) is 3.57. The van der Waals surface area contributed by atoms with Crippen molar-refractivity contribution in [3.63, 3.8) is 0 Å². The van der Waals surface area contributed by atoms with Gasteiger partial charge in [0.1, 0.15) is 23.3 Å². The van der Waals surface area contributed by atoms with Gasteiger partial charge < -0.3 is 20.7 Å². The van der Waals surface area contributed by atoms with Crippen LogP contribution in [0.4, 0.5) is 0 Å². The van der Waals surface area contributed by atoms with Crippen molar-refractivity contribution in [1.82, 2.24) is 0 Å². The molecule has 0 saturated heterocycles. The summed E-state index contributed by atoms with van der Waals surface area (Å²) in [6.07, 6.45) is 1.75. The Morgan fingerprint density at radius 2 is 1.84 bits per heavy atom. The number of aliphatic carboxylic acids is 1. The van der Waals surface area contributed by atoms with Crippen molar-refractivity contribution in [3.05, 3.63) is 52.6 Å². The topological polar surface area (TPSA) is 92.8 Å². The maximum Gasteiger partial charge on any atom is 0.320 e. The third-order valence-electron chi connectivity index (χ3n) is 4.22. The van der Waals surface area contributed by atoms with Gasteiger partial charge >= 0.3 is 5.97 Å². The third-order valence-corrected chi connectivity index (χ3v) is 4.22. The van der Waals surface area contributed by atoms with Gasteiger partial charge in [0.25, 0.3) is 0 Å². The number of rotatable bonds is 7. The summed E-state index contributed by atoms with van der Waals surface area (Å²) in [4.78, 5) is 11.0. The monoisotopic (exact) mass is 343 g/mol. The van der Waals surface area contributed by atoms with E-state index in [1.54, 1.807) is 12.1 Å². The Morgan fingerprint density at radius 3 is 2.44 bits per heavy atom. The lowest BCUT2D eigenvalue weighted by Crippen LogP contribution is -2.32. The van der Waals surface area contributed by atoms with Crippen LogP contribution in [0.1, 0.15) is 36.1 Å². The van der Waals surface area contributed by atoms with Crippen molar-refractivity contribution in [2.24, 2.45) is 5.73 Å².